The van der Waals surface area contributed by atoms with Crippen LogP contribution in [0.2, 0.25) is 0 Å². The average molecular weight is 228 g/mol. The molecule has 1 aromatic heterocycles. The van der Waals surface area contributed by atoms with Gasteiger partial charge in [-0.1, -0.05) is 0 Å². The van der Waals surface area contributed by atoms with E-state index in [0.29, 0.717) is 0 Å². The standard InChI is InChI=1S/C10H16N2S2/c1-13-6-5-7(11)10-12-8-3-2-4-9(8)14-10/h7H,2-6,11H2,1H3. The lowest BCUT2D eigenvalue weighted by Crippen LogP contribution is -2.10. The van der Waals surface area contributed by atoms with Crippen molar-refractivity contribution in [3.63, 3.8) is 0 Å². The summed E-state index contributed by atoms with van der Waals surface area (Å²) in [6.45, 7) is 0. The number of nitrogens with zero attached hydrogens (tertiary/aromatic N) is 1. The zero-order valence-corrected chi connectivity index (χ0v) is 10.1. The number of hydrogen-bond acceptors (Lipinski definition) is 4. The van der Waals surface area contributed by atoms with Crippen LogP contribution < -0.4 is 5.73 Å². The maximum Gasteiger partial charge on any atom is 0.110 e. The molecule has 0 radical (unpaired) electrons. The monoisotopic (exact) mass is 228 g/mol. The quantitative estimate of drug-likeness (QED) is 0.860. The Labute approximate surface area is 93.3 Å². The van der Waals surface area contributed by atoms with Crippen LogP contribution in [-0.4, -0.2) is 17.0 Å². The Morgan fingerprint density at radius 2 is 2.43 bits per heavy atom. The SMILES string of the molecule is CSCCC(N)c1nc2c(s1)CCC2. The van der Waals surface area contributed by atoms with E-state index in [-0.39, 0.29) is 6.04 Å². The van der Waals surface area contributed by atoms with Gasteiger partial charge in [-0.3, -0.25) is 0 Å². The van der Waals surface area contributed by atoms with Crippen LogP contribution in [0.1, 0.15) is 34.5 Å². The minimum Gasteiger partial charge on any atom is -0.322 e. The summed E-state index contributed by atoms with van der Waals surface area (Å²) in [6.07, 6.45) is 6.85. The van der Waals surface area contributed by atoms with Crippen LogP contribution in [0.3, 0.4) is 0 Å². The second-order valence-corrected chi connectivity index (χ2v) is 5.76. The number of fused-ring (bicyclic) bond motifs is 1. The molecule has 2 nitrogen and oxygen atoms in total. The molecular weight excluding hydrogens is 212 g/mol. The van der Waals surface area contributed by atoms with Gasteiger partial charge in [-0.2, -0.15) is 11.8 Å². The first-order valence-electron chi connectivity index (χ1n) is 5.04. The summed E-state index contributed by atoms with van der Waals surface area (Å²) in [5.41, 5.74) is 7.40. The lowest BCUT2D eigenvalue weighted by atomic mass is 10.2. The fraction of sp³-hybridized carbons (Fsp3) is 0.700. The molecule has 1 aromatic rings. The van der Waals surface area contributed by atoms with Crippen molar-refractivity contribution in [2.45, 2.75) is 31.7 Å². The zero-order chi connectivity index (χ0) is 9.97. The van der Waals surface area contributed by atoms with Crippen molar-refractivity contribution >= 4 is 23.1 Å². The molecule has 0 aromatic carbocycles. The van der Waals surface area contributed by atoms with E-state index in [1.165, 1.54) is 29.8 Å². The number of thioether (sulfide) groups is 1. The van der Waals surface area contributed by atoms with E-state index in [0.717, 1.165) is 17.2 Å². The first-order valence-corrected chi connectivity index (χ1v) is 7.25. The van der Waals surface area contributed by atoms with E-state index >= 15 is 0 Å². The highest BCUT2D eigenvalue weighted by atomic mass is 32.2. The third kappa shape index (κ3) is 2.12. The van der Waals surface area contributed by atoms with E-state index in [9.17, 15) is 0 Å². The van der Waals surface area contributed by atoms with Gasteiger partial charge in [0.2, 0.25) is 0 Å². The molecule has 0 spiro atoms. The Morgan fingerprint density at radius 3 is 3.14 bits per heavy atom. The number of hydrogen-bond donors (Lipinski definition) is 1. The smallest absolute Gasteiger partial charge is 0.110 e. The molecule has 14 heavy (non-hydrogen) atoms. The van der Waals surface area contributed by atoms with Crippen molar-refractivity contribution in [2.24, 2.45) is 5.73 Å². The third-order valence-electron chi connectivity index (χ3n) is 2.56. The lowest BCUT2D eigenvalue weighted by molar-refractivity contribution is 0.695. The Bertz CT molecular complexity index is 288. The van der Waals surface area contributed by atoms with E-state index in [4.69, 9.17) is 5.73 Å². The number of aromatic nitrogens is 1. The molecular formula is C10H16N2S2. The molecule has 0 amide bonds. The molecule has 0 bridgehead atoms. The van der Waals surface area contributed by atoms with Gasteiger partial charge in [-0.15, -0.1) is 11.3 Å². The number of rotatable bonds is 4. The second-order valence-electron chi connectivity index (χ2n) is 3.66. The maximum absolute atomic E-state index is 6.08. The van der Waals surface area contributed by atoms with Crippen molar-refractivity contribution in [3.8, 4) is 0 Å². The Balaban J connectivity index is 2.02. The van der Waals surface area contributed by atoms with Crippen LogP contribution >= 0.6 is 23.1 Å². The minimum atomic E-state index is 0.165. The van der Waals surface area contributed by atoms with E-state index in [1.54, 1.807) is 0 Å². The van der Waals surface area contributed by atoms with Crippen molar-refractivity contribution in [1.82, 2.24) is 4.98 Å². The molecule has 1 unspecified atom stereocenters. The second kappa shape index (κ2) is 4.64. The summed E-state index contributed by atoms with van der Waals surface area (Å²) in [5, 5.41) is 1.16. The van der Waals surface area contributed by atoms with Crippen LogP contribution in [-0.2, 0) is 12.8 Å². The van der Waals surface area contributed by atoms with Gasteiger partial charge in [0.25, 0.3) is 0 Å². The summed E-state index contributed by atoms with van der Waals surface area (Å²) >= 11 is 3.69. The molecule has 4 heteroatoms. The van der Waals surface area contributed by atoms with E-state index in [1.807, 2.05) is 23.1 Å². The molecule has 1 atom stereocenters. The van der Waals surface area contributed by atoms with Gasteiger partial charge in [0.1, 0.15) is 5.01 Å². The number of thiazole rings is 1. The van der Waals surface area contributed by atoms with Crippen LogP contribution in [0.15, 0.2) is 0 Å². The van der Waals surface area contributed by atoms with Gasteiger partial charge < -0.3 is 5.73 Å². The van der Waals surface area contributed by atoms with E-state index < -0.39 is 0 Å². The molecule has 2 N–H and O–H groups in total. The fourth-order valence-electron chi connectivity index (χ4n) is 1.74. The lowest BCUT2D eigenvalue weighted by Gasteiger charge is -2.06. The van der Waals surface area contributed by atoms with Gasteiger partial charge in [0.15, 0.2) is 0 Å². The first-order chi connectivity index (χ1) is 6.81. The van der Waals surface area contributed by atoms with E-state index in [2.05, 4.69) is 11.2 Å². The van der Waals surface area contributed by atoms with Crippen LogP contribution in [0.4, 0.5) is 0 Å². The normalized spacial score (nSPS) is 17.0. The van der Waals surface area contributed by atoms with Crippen LogP contribution in [0.5, 0.6) is 0 Å². The van der Waals surface area contributed by atoms with Gasteiger partial charge in [0, 0.05) is 4.88 Å². The highest BCUT2D eigenvalue weighted by Gasteiger charge is 2.19. The zero-order valence-electron chi connectivity index (χ0n) is 8.45. The van der Waals surface area contributed by atoms with Crippen molar-refractivity contribution < 1.29 is 0 Å². The molecule has 1 aliphatic carbocycles. The van der Waals surface area contributed by atoms with Crippen molar-refractivity contribution in [2.75, 3.05) is 12.0 Å². The predicted octanol–water partition coefficient (Wildman–Crippen LogP) is 2.38. The van der Waals surface area contributed by atoms with Crippen molar-refractivity contribution in [3.05, 3.63) is 15.6 Å². The summed E-state index contributed by atoms with van der Waals surface area (Å²) < 4.78 is 0. The Hall–Kier alpha value is -0.0600. The highest BCUT2D eigenvalue weighted by Crippen LogP contribution is 2.30. The Kier molecular flexibility index (Phi) is 3.47. The van der Waals surface area contributed by atoms with Gasteiger partial charge >= 0.3 is 0 Å². The summed E-state index contributed by atoms with van der Waals surface area (Å²) in [4.78, 5) is 6.11. The van der Waals surface area contributed by atoms with Gasteiger partial charge in [-0.25, -0.2) is 4.98 Å². The van der Waals surface area contributed by atoms with Gasteiger partial charge in [-0.05, 0) is 37.7 Å². The maximum atomic E-state index is 6.08. The summed E-state index contributed by atoms with van der Waals surface area (Å²) in [7, 11) is 0. The summed E-state index contributed by atoms with van der Waals surface area (Å²) in [6, 6.07) is 0.165. The molecule has 1 aliphatic rings. The molecule has 0 saturated heterocycles. The molecule has 78 valence electrons. The third-order valence-corrected chi connectivity index (χ3v) is 4.50. The molecule has 0 saturated carbocycles. The topological polar surface area (TPSA) is 38.9 Å². The molecule has 1 heterocycles. The number of aryl methyl sites for hydroxylation is 2. The predicted molar refractivity (Wildman–Crippen MR) is 64.1 cm³/mol. The fourth-order valence-corrected chi connectivity index (χ4v) is 3.42. The van der Waals surface area contributed by atoms with Crippen LogP contribution in [0, 0.1) is 0 Å². The molecule has 2 rings (SSSR count). The van der Waals surface area contributed by atoms with Crippen LogP contribution in [0.25, 0.3) is 0 Å². The largest absolute Gasteiger partial charge is 0.322 e. The van der Waals surface area contributed by atoms with Crippen molar-refractivity contribution in [1.29, 1.82) is 0 Å². The minimum absolute atomic E-state index is 0.165. The Morgan fingerprint density at radius 1 is 1.57 bits per heavy atom. The average Bonchev–Trinajstić information content (AvgIpc) is 2.72. The summed E-state index contributed by atoms with van der Waals surface area (Å²) in [5.74, 6) is 1.13. The van der Waals surface area contributed by atoms with Gasteiger partial charge in [0.05, 0.1) is 11.7 Å². The molecule has 0 fully saturated rings. The number of nitrogens with two attached hydrogens (primary N) is 1. The first kappa shape index (κ1) is 10.5. The molecule has 0 aliphatic heterocycles. The highest BCUT2D eigenvalue weighted by molar-refractivity contribution is 7.98.